The summed E-state index contributed by atoms with van der Waals surface area (Å²) < 4.78 is 0. The SMILES string of the molecule is CC(C)CC(Nc1nc2c(cc1C#N)CCC2)C(=O)O. The molecule has 0 spiro atoms. The fourth-order valence-corrected chi connectivity index (χ4v) is 2.53. The second-order valence-electron chi connectivity index (χ2n) is 5.62. The van der Waals surface area contributed by atoms with Gasteiger partial charge in [-0.05, 0) is 43.2 Å². The highest BCUT2D eigenvalue weighted by Crippen LogP contribution is 2.25. The summed E-state index contributed by atoms with van der Waals surface area (Å²) in [5.74, 6) is -0.255. The summed E-state index contributed by atoms with van der Waals surface area (Å²) in [4.78, 5) is 15.8. The molecule has 1 unspecified atom stereocenters. The highest BCUT2D eigenvalue weighted by Gasteiger charge is 2.22. The molecule has 1 atom stereocenters. The molecule has 0 saturated carbocycles. The minimum absolute atomic E-state index is 0.253. The Morgan fingerprint density at radius 1 is 1.55 bits per heavy atom. The van der Waals surface area contributed by atoms with Crippen LogP contribution in [0.2, 0.25) is 0 Å². The Bertz CT molecular complexity index is 561. The molecule has 0 saturated heterocycles. The molecule has 0 bridgehead atoms. The summed E-state index contributed by atoms with van der Waals surface area (Å²) in [5, 5.41) is 21.4. The molecular formula is C15H19N3O2. The van der Waals surface area contributed by atoms with Gasteiger partial charge in [-0.3, -0.25) is 0 Å². The molecule has 1 heterocycles. The lowest BCUT2D eigenvalue weighted by atomic mass is 10.0. The third-order valence-electron chi connectivity index (χ3n) is 3.49. The Morgan fingerprint density at radius 2 is 2.30 bits per heavy atom. The van der Waals surface area contributed by atoms with E-state index in [-0.39, 0.29) is 5.92 Å². The van der Waals surface area contributed by atoms with Gasteiger partial charge in [-0.2, -0.15) is 5.26 Å². The van der Waals surface area contributed by atoms with Gasteiger partial charge >= 0.3 is 5.97 Å². The normalized spacial score (nSPS) is 14.7. The molecule has 20 heavy (non-hydrogen) atoms. The molecule has 0 aromatic carbocycles. The summed E-state index contributed by atoms with van der Waals surface area (Å²) in [5.41, 5.74) is 2.53. The van der Waals surface area contributed by atoms with E-state index in [4.69, 9.17) is 0 Å². The second-order valence-corrected chi connectivity index (χ2v) is 5.62. The standard InChI is InChI=1S/C15H19N3O2/c1-9(2)6-13(15(19)20)18-14-11(8-16)7-10-4-3-5-12(10)17-14/h7,9,13H,3-6H2,1-2H3,(H,17,18)(H,19,20). The number of anilines is 1. The van der Waals surface area contributed by atoms with Crippen molar-refractivity contribution >= 4 is 11.8 Å². The first-order chi connectivity index (χ1) is 9.51. The van der Waals surface area contributed by atoms with Gasteiger partial charge in [-0.1, -0.05) is 13.8 Å². The van der Waals surface area contributed by atoms with E-state index in [9.17, 15) is 15.2 Å². The number of nitrogens with zero attached hydrogens (tertiary/aromatic N) is 2. The van der Waals surface area contributed by atoms with E-state index in [1.54, 1.807) is 0 Å². The number of carboxylic acids is 1. The van der Waals surface area contributed by atoms with Crippen molar-refractivity contribution < 1.29 is 9.90 Å². The van der Waals surface area contributed by atoms with Crippen LogP contribution in [0.1, 0.15) is 43.5 Å². The summed E-state index contributed by atoms with van der Waals surface area (Å²) in [6.45, 7) is 3.94. The predicted octanol–water partition coefficient (Wildman–Crippen LogP) is 2.35. The number of hydrogen-bond acceptors (Lipinski definition) is 4. The van der Waals surface area contributed by atoms with Crippen LogP contribution in [0, 0.1) is 17.2 Å². The summed E-state index contributed by atoms with van der Waals surface area (Å²) in [7, 11) is 0. The Hall–Kier alpha value is -2.09. The maximum absolute atomic E-state index is 11.3. The molecule has 1 aliphatic carbocycles. The highest BCUT2D eigenvalue weighted by molar-refractivity contribution is 5.77. The van der Waals surface area contributed by atoms with Crippen LogP contribution >= 0.6 is 0 Å². The lowest BCUT2D eigenvalue weighted by molar-refractivity contribution is -0.138. The second kappa shape index (κ2) is 5.91. The van der Waals surface area contributed by atoms with Crippen molar-refractivity contribution in [2.75, 3.05) is 5.32 Å². The van der Waals surface area contributed by atoms with Crippen LogP contribution in [0.4, 0.5) is 5.82 Å². The lowest BCUT2D eigenvalue weighted by Crippen LogP contribution is -2.31. The number of carboxylic acid groups (broad SMARTS) is 1. The zero-order valence-corrected chi connectivity index (χ0v) is 11.8. The molecule has 0 radical (unpaired) electrons. The number of aliphatic carboxylic acids is 1. The molecule has 0 aliphatic heterocycles. The Kier molecular flexibility index (Phi) is 4.23. The first-order valence-electron chi connectivity index (χ1n) is 6.93. The minimum Gasteiger partial charge on any atom is -0.480 e. The molecule has 106 valence electrons. The quantitative estimate of drug-likeness (QED) is 0.860. The van der Waals surface area contributed by atoms with Crippen molar-refractivity contribution in [1.29, 1.82) is 5.26 Å². The van der Waals surface area contributed by atoms with Crippen LogP contribution in [0.15, 0.2) is 6.07 Å². The largest absolute Gasteiger partial charge is 0.480 e. The zero-order chi connectivity index (χ0) is 14.7. The molecule has 1 aromatic rings. The summed E-state index contributed by atoms with van der Waals surface area (Å²) in [6.07, 6.45) is 3.40. The molecular weight excluding hydrogens is 254 g/mol. The van der Waals surface area contributed by atoms with E-state index in [2.05, 4.69) is 16.4 Å². The van der Waals surface area contributed by atoms with Gasteiger partial charge in [0.25, 0.3) is 0 Å². The molecule has 5 heteroatoms. The number of aryl methyl sites for hydroxylation is 2. The maximum Gasteiger partial charge on any atom is 0.326 e. The van der Waals surface area contributed by atoms with Crippen LogP contribution in [0.5, 0.6) is 0 Å². The molecule has 0 fully saturated rings. The molecule has 1 aromatic heterocycles. The van der Waals surface area contributed by atoms with Crippen molar-refractivity contribution in [2.24, 2.45) is 5.92 Å². The lowest BCUT2D eigenvalue weighted by Gasteiger charge is -2.18. The number of hydrogen-bond donors (Lipinski definition) is 2. The van der Waals surface area contributed by atoms with Crippen LogP contribution < -0.4 is 5.32 Å². The summed E-state index contributed by atoms with van der Waals surface area (Å²) in [6, 6.07) is 3.23. The van der Waals surface area contributed by atoms with Gasteiger partial charge in [0.1, 0.15) is 17.9 Å². The highest BCUT2D eigenvalue weighted by atomic mass is 16.4. The molecule has 2 rings (SSSR count). The third-order valence-corrected chi connectivity index (χ3v) is 3.49. The van der Waals surface area contributed by atoms with E-state index in [0.29, 0.717) is 17.8 Å². The number of pyridine rings is 1. The van der Waals surface area contributed by atoms with Crippen molar-refractivity contribution in [3.63, 3.8) is 0 Å². The van der Waals surface area contributed by atoms with Gasteiger partial charge in [0.05, 0.1) is 5.56 Å². The monoisotopic (exact) mass is 273 g/mol. The third kappa shape index (κ3) is 3.08. The van der Waals surface area contributed by atoms with Crippen LogP contribution in [0.3, 0.4) is 0 Å². The fraction of sp³-hybridized carbons (Fsp3) is 0.533. The van der Waals surface area contributed by atoms with Crippen molar-refractivity contribution in [3.05, 3.63) is 22.9 Å². The van der Waals surface area contributed by atoms with E-state index >= 15 is 0 Å². The van der Waals surface area contributed by atoms with Gasteiger partial charge in [-0.25, -0.2) is 9.78 Å². The van der Waals surface area contributed by atoms with E-state index in [0.717, 1.165) is 30.5 Å². The molecule has 1 aliphatic rings. The fourth-order valence-electron chi connectivity index (χ4n) is 2.53. The van der Waals surface area contributed by atoms with Gasteiger partial charge in [0.15, 0.2) is 0 Å². The Labute approximate surface area is 118 Å². The van der Waals surface area contributed by atoms with Crippen molar-refractivity contribution in [3.8, 4) is 6.07 Å². The van der Waals surface area contributed by atoms with E-state index in [1.807, 2.05) is 19.9 Å². The number of fused-ring (bicyclic) bond motifs is 1. The van der Waals surface area contributed by atoms with Crippen LogP contribution in [-0.2, 0) is 17.6 Å². The maximum atomic E-state index is 11.3. The van der Waals surface area contributed by atoms with Gasteiger partial charge < -0.3 is 10.4 Å². The van der Waals surface area contributed by atoms with Gasteiger partial charge in [-0.15, -0.1) is 0 Å². The molecule has 2 N–H and O–H groups in total. The van der Waals surface area contributed by atoms with E-state index in [1.165, 1.54) is 0 Å². The van der Waals surface area contributed by atoms with Gasteiger partial charge in [0, 0.05) is 5.69 Å². The first kappa shape index (κ1) is 14.3. The average molecular weight is 273 g/mol. The Morgan fingerprint density at radius 3 is 2.90 bits per heavy atom. The predicted molar refractivity (Wildman–Crippen MR) is 75.5 cm³/mol. The van der Waals surface area contributed by atoms with Crippen molar-refractivity contribution in [2.45, 2.75) is 45.6 Å². The molecule has 5 nitrogen and oxygen atoms in total. The van der Waals surface area contributed by atoms with E-state index < -0.39 is 12.0 Å². The smallest absolute Gasteiger partial charge is 0.326 e. The number of nitriles is 1. The number of aromatic nitrogens is 1. The van der Waals surface area contributed by atoms with Crippen molar-refractivity contribution in [1.82, 2.24) is 4.98 Å². The van der Waals surface area contributed by atoms with Crippen LogP contribution in [-0.4, -0.2) is 22.1 Å². The first-order valence-corrected chi connectivity index (χ1v) is 6.93. The summed E-state index contributed by atoms with van der Waals surface area (Å²) >= 11 is 0. The molecule has 0 amide bonds. The minimum atomic E-state index is -0.912. The average Bonchev–Trinajstić information content (AvgIpc) is 2.83. The number of rotatable bonds is 5. The Balaban J connectivity index is 2.27. The number of carbonyl (C=O) groups is 1. The van der Waals surface area contributed by atoms with Gasteiger partial charge in [0.2, 0.25) is 0 Å². The zero-order valence-electron chi connectivity index (χ0n) is 11.8. The van der Waals surface area contributed by atoms with Crippen LogP contribution in [0.25, 0.3) is 0 Å². The topological polar surface area (TPSA) is 86.0 Å². The number of nitrogens with one attached hydrogen (secondary N) is 1.